The van der Waals surface area contributed by atoms with Gasteiger partial charge in [-0.25, -0.2) is 4.99 Å². The second kappa shape index (κ2) is 5.55. The van der Waals surface area contributed by atoms with Gasteiger partial charge >= 0.3 is 5.97 Å². The largest absolute Gasteiger partial charge is 0.481 e. The van der Waals surface area contributed by atoms with Crippen LogP contribution >= 0.6 is 12.2 Å². The van der Waals surface area contributed by atoms with Crippen LogP contribution in [-0.4, -0.2) is 32.5 Å². The highest BCUT2D eigenvalue weighted by atomic mass is 32.1. The standard InChI is InChI=1S/C17H25NO3S/c1-11(2)17(14(19)20)8-7-16(4,18-10-22)12-5-6-15(3,21)9-13(12)17/h9,11-12,21H,5-8H2,1-4H3,(H,19,20). The summed E-state index contributed by atoms with van der Waals surface area (Å²) in [6, 6.07) is 0. The molecule has 0 heterocycles. The molecule has 0 radical (unpaired) electrons. The molecule has 1 fully saturated rings. The first-order valence-corrected chi connectivity index (χ1v) is 8.28. The van der Waals surface area contributed by atoms with Gasteiger partial charge in [0.15, 0.2) is 0 Å². The Balaban J connectivity index is 2.65. The first-order chi connectivity index (χ1) is 10.1. The number of nitrogens with zero attached hydrogens (tertiary/aromatic N) is 1. The Morgan fingerprint density at radius 3 is 2.55 bits per heavy atom. The van der Waals surface area contributed by atoms with Crippen LogP contribution in [0, 0.1) is 17.3 Å². The molecule has 2 rings (SSSR count). The van der Waals surface area contributed by atoms with Gasteiger partial charge in [0.05, 0.1) is 21.7 Å². The maximum atomic E-state index is 12.2. The molecule has 1 saturated carbocycles. The number of aliphatic hydroxyl groups is 1. The SMILES string of the molecule is CC(C)C1(C(=O)O)CCC(C)(N=C=S)C2CCC(C)(O)C=C21. The third kappa shape index (κ3) is 2.55. The van der Waals surface area contributed by atoms with E-state index >= 15 is 0 Å². The Bertz CT molecular complexity index is 562. The molecule has 0 aromatic carbocycles. The summed E-state index contributed by atoms with van der Waals surface area (Å²) in [5.74, 6) is -0.853. The van der Waals surface area contributed by atoms with E-state index in [0.717, 1.165) is 12.0 Å². The number of aliphatic imine (C=N–C) groups is 1. The van der Waals surface area contributed by atoms with Crippen molar-refractivity contribution in [1.29, 1.82) is 0 Å². The molecule has 0 aromatic heterocycles. The van der Waals surface area contributed by atoms with Gasteiger partial charge in [0.1, 0.15) is 0 Å². The number of isothiocyanates is 1. The fourth-order valence-electron chi connectivity index (χ4n) is 4.29. The highest BCUT2D eigenvalue weighted by molar-refractivity contribution is 7.78. The van der Waals surface area contributed by atoms with Crippen molar-refractivity contribution in [3.63, 3.8) is 0 Å². The number of carboxylic acids is 1. The van der Waals surface area contributed by atoms with E-state index in [1.165, 1.54) is 0 Å². The zero-order valence-electron chi connectivity index (χ0n) is 13.7. The number of rotatable bonds is 3. The molecular formula is C17H25NO3S. The van der Waals surface area contributed by atoms with E-state index in [4.69, 9.17) is 12.2 Å². The summed E-state index contributed by atoms with van der Waals surface area (Å²) in [5, 5.41) is 22.9. The van der Waals surface area contributed by atoms with Crippen LogP contribution in [0.3, 0.4) is 0 Å². The van der Waals surface area contributed by atoms with E-state index in [1.807, 2.05) is 20.8 Å². The lowest BCUT2D eigenvalue weighted by Crippen LogP contribution is -2.53. The van der Waals surface area contributed by atoms with Gasteiger partial charge in [-0.15, -0.1) is 0 Å². The van der Waals surface area contributed by atoms with Gasteiger partial charge in [0.2, 0.25) is 0 Å². The molecule has 2 N–H and O–H groups in total. The maximum Gasteiger partial charge on any atom is 0.314 e. The molecule has 2 aliphatic rings. The summed E-state index contributed by atoms with van der Waals surface area (Å²) in [5.41, 5.74) is -1.47. The van der Waals surface area contributed by atoms with E-state index in [2.05, 4.69) is 10.2 Å². The van der Waals surface area contributed by atoms with E-state index in [1.54, 1.807) is 13.0 Å². The smallest absolute Gasteiger partial charge is 0.314 e. The molecule has 0 saturated heterocycles. The van der Waals surface area contributed by atoms with Crippen LogP contribution in [0.2, 0.25) is 0 Å². The average molecular weight is 323 g/mol. The topological polar surface area (TPSA) is 69.9 Å². The molecule has 0 spiro atoms. The molecule has 2 aliphatic carbocycles. The Hall–Kier alpha value is -1.03. The van der Waals surface area contributed by atoms with Crippen molar-refractivity contribution in [3.8, 4) is 0 Å². The van der Waals surface area contributed by atoms with Gasteiger partial charge in [-0.2, -0.15) is 0 Å². The van der Waals surface area contributed by atoms with Gasteiger partial charge < -0.3 is 10.2 Å². The van der Waals surface area contributed by atoms with Gasteiger partial charge in [0, 0.05) is 5.92 Å². The fourth-order valence-corrected chi connectivity index (χ4v) is 4.50. The number of fused-ring (bicyclic) bond motifs is 1. The van der Waals surface area contributed by atoms with Crippen molar-refractivity contribution >= 4 is 23.3 Å². The molecule has 0 bridgehead atoms. The first kappa shape index (κ1) is 17.3. The van der Waals surface area contributed by atoms with Crippen molar-refractivity contribution in [3.05, 3.63) is 11.6 Å². The van der Waals surface area contributed by atoms with Crippen molar-refractivity contribution in [1.82, 2.24) is 0 Å². The normalized spacial score (nSPS) is 41.4. The maximum absolute atomic E-state index is 12.2. The molecule has 4 unspecified atom stereocenters. The van der Waals surface area contributed by atoms with Crippen molar-refractivity contribution in [2.75, 3.05) is 0 Å². The lowest BCUT2D eigenvalue weighted by molar-refractivity contribution is -0.152. The van der Waals surface area contributed by atoms with Crippen LogP contribution < -0.4 is 0 Å². The van der Waals surface area contributed by atoms with E-state index in [-0.39, 0.29) is 11.8 Å². The van der Waals surface area contributed by atoms with Crippen LogP contribution in [-0.2, 0) is 4.79 Å². The number of hydrogen-bond acceptors (Lipinski definition) is 4. The summed E-state index contributed by atoms with van der Waals surface area (Å²) in [4.78, 5) is 16.5. The number of aliphatic carboxylic acids is 1. The van der Waals surface area contributed by atoms with E-state index in [0.29, 0.717) is 19.3 Å². The number of thiocarbonyl (C=S) groups is 1. The molecule has 0 amide bonds. The van der Waals surface area contributed by atoms with Crippen LogP contribution in [0.4, 0.5) is 0 Å². The van der Waals surface area contributed by atoms with Gasteiger partial charge in [-0.05, 0) is 63.2 Å². The zero-order valence-corrected chi connectivity index (χ0v) is 14.5. The van der Waals surface area contributed by atoms with Crippen molar-refractivity contribution in [2.24, 2.45) is 22.2 Å². The molecule has 4 atom stereocenters. The predicted molar refractivity (Wildman–Crippen MR) is 89.0 cm³/mol. The third-order valence-electron chi connectivity index (χ3n) is 5.74. The van der Waals surface area contributed by atoms with Crippen LogP contribution in [0.1, 0.15) is 53.4 Å². The predicted octanol–water partition coefficient (Wildman–Crippen LogP) is 3.46. The average Bonchev–Trinajstić information content (AvgIpc) is 2.37. The molecule has 5 heteroatoms. The molecular weight excluding hydrogens is 298 g/mol. The van der Waals surface area contributed by atoms with Gasteiger partial charge in [-0.1, -0.05) is 19.9 Å². The number of carbonyl (C=O) groups is 1. The highest BCUT2D eigenvalue weighted by Gasteiger charge is 2.57. The van der Waals surface area contributed by atoms with Gasteiger partial charge in [0.25, 0.3) is 0 Å². The Labute approximate surface area is 137 Å². The Kier molecular flexibility index (Phi) is 4.37. The number of carboxylic acid groups (broad SMARTS) is 1. The summed E-state index contributed by atoms with van der Waals surface area (Å²) in [7, 11) is 0. The van der Waals surface area contributed by atoms with Crippen molar-refractivity contribution < 1.29 is 15.0 Å². The molecule has 0 aliphatic heterocycles. The minimum atomic E-state index is -0.957. The van der Waals surface area contributed by atoms with Crippen molar-refractivity contribution in [2.45, 2.75) is 64.5 Å². The third-order valence-corrected chi connectivity index (χ3v) is 5.83. The second-order valence-electron chi connectivity index (χ2n) is 7.54. The van der Waals surface area contributed by atoms with E-state index in [9.17, 15) is 15.0 Å². The molecule has 22 heavy (non-hydrogen) atoms. The molecule has 122 valence electrons. The quantitative estimate of drug-likeness (QED) is 0.474. The Morgan fingerprint density at radius 1 is 1.41 bits per heavy atom. The molecule has 0 aromatic rings. The van der Waals surface area contributed by atoms with Crippen LogP contribution in [0.5, 0.6) is 0 Å². The number of hydrogen-bond donors (Lipinski definition) is 2. The minimum absolute atomic E-state index is 0.00424. The monoisotopic (exact) mass is 323 g/mol. The van der Waals surface area contributed by atoms with Crippen LogP contribution in [0.15, 0.2) is 16.6 Å². The summed E-state index contributed by atoms with van der Waals surface area (Å²) < 4.78 is 0. The summed E-state index contributed by atoms with van der Waals surface area (Å²) >= 11 is 4.80. The zero-order chi connectivity index (χ0) is 16.8. The van der Waals surface area contributed by atoms with Gasteiger partial charge in [-0.3, -0.25) is 4.79 Å². The summed E-state index contributed by atoms with van der Waals surface area (Å²) in [6.07, 6.45) is 4.29. The Morgan fingerprint density at radius 2 is 2.05 bits per heavy atom. The molecule has 4 nitrogen and oxygen atoms in total. The fraction of sp³-hybridized carbons (Fsp3) is 0.765. The van der Waals surface area contributed by atoms with Crippen LogP contribution in [0.25, 0.3) is 0 Å². The first-order valence-electron chi connectivity index (χ1n) is 7.87. The lowest BCUT2D eigenvalue weighted by Gasteiger charge is -2.53. The second-order valence-corrected chi connectivity index (χ2v) is 7.72. The van der Waals surface area contributed by atoms with E-state index < -0.39 is 22.5 Å². The highest BCUT2D eigenvalue weighted by Crippen LogP contribution is 2.57. The minimum Gasteiger partial charge on any atom is -0.481 e. The summed E-state index contributed by atoms with van der Waals surface area (Å²) in [6.45, 7) is 7.66. The lowest BCUT2D eigenvalue weighted by atomic mass is 9.52.